The minimum absolute atomic E-state index is 0. The van der Waals surface area contributed by atoms with Crippen molar-refractivity contribution in [3.8, 4) is 0 Å². The fraction of sp³-hybridized carbons (Fsp3) is 0.448. The van der Waals surface area contributed by atoms with E-state index in [1.807, 2.05) is 30.3 Å². The molecule has 0 aliphatic heterocycles. The number of rotatable bonds is 12. The van der Waals surface area contributed by atoms with Gasteiger partial charge in [0.2, 0.25) is 10.0 Å². The fourth-order valence-corrected chi connectivity index (χ4v) is 5.88. The van der Waals surface area contributed by atoms with E-state index in [0.717, 1.165) is 64.4 Å². The highest BCUT2D eigenvalue weighted by Gasteiger charge is 2.25. The average Bonchev–Trinajstić information content (AvgIpc) is 2.78. The first-order chi connectivity index (χ1) is 16.4. The highest BCUT2D eigenvalue weighted by molar-refractivity contribution is 7.89. The van der Waals surface area contributed by atoms with E-state index in [9.17, 15) is 8.42 Å². The molecular weight excluding hydrogens is 534 g/mol. The molecule has 5 nitrogen and oxygen atoms in total. The first-order valence-corrected chi connectivity index (χ1v) is 13.9. The molecule has 0 fully saturated rings. The number of hydrogen-bond acceptors (Lipinski definition) is 3. The maximum absolute atomic E-state index is 13.8. The van der Waals surface area contributed by atoms with E-state index in [0.29, 0.717) is 18.0 Å². The lowest BCUT2D eigenvalue weighted by Crippen LogP contribution is -3.00. The Bertz CT molecular complexity index is 1220. The van der Waals surface area contributed by atoms with Gasteiger partial charge in [-0.2, -0.15) is 4.31 Å². The van der Waals surface area contributed by atoms with E-state index >= 15 is 0 Å². The first-order valence-electron chi connectivity index (χ1n) is 12.5. The van der Waals surface area contributed by atoms with Gasteiger partial charge in [0.15, 0.2) is 0 Å². The van der Waals surface area contributed by atoms with E-state index in [1.54, 1.807) is 16.4 Å². The van der Waals surface area contributed by atoms with E-state index in [-0.39, 0.29) is 17.0 Å². The van der Waals surface area contributed by atoms with Gasteiger partial charge in [-0.1, -0.05) is 59.7 Å². The van der Waals surface area contributed by atoms with Crippen molar-refractivity contribution in [2.45, 2.75) is 38.1 Å². The van der Waals surface area contributed by atoms with E-state index in [4.69, 9.17) is 0 Å². The molecule has 7 heteroatoms. The quantitative estimate of drug-likeness (QED) is 0.245. The van der Waals surface area contributed by atoms with Crippen molar-refractivity contribution >= 4 is 20.8 Å². The average molecular weight is 577 g/mol. The minimum atomic E-state index is -3.63. The molecule has 36 heavy (non-hydrogen) atoms. The number of hydrogen-bond donors (Lipinski definition) is 0. The van der Waals surface area contributed by atoms with Crippen molar-refractivity contribution in [2.24, 2.45) is 0 Å². The standard InChI is InChI=1S/C29H42N3O2S.BrH/c1-24-19-25(2)21-26(20-24)23-31(16-10-9-15-30(3)17-18-32(4,5)6)35(33,34)29-14-13-27-11-7-8-12-28(27)22-29;/h7-8,11-14,19-22H,9-10,15-18,23H2,1-6H3;1H/q+1;/p-1. The number of fused-ring (bicyclic) bond motifs is 1. The summed E-state index contributed by atoms with van der Waals surface area (Å²) in [5, 5.41) is 1.99. The van der Waals surface area contributed by atoms with Crippen LogP contribution in [-0.4, -0.2) is 76.5 Å². The van der Waals surface area contributed by atoms with Gasteiger partial charge in [-0.3, -0.25) is 0 Å². The van der Waals surface area contributed by atoms with Gasteiger partial charge in [0.05, 0.1) is 32.6 Å². The SMILES string of the molecule is Cc1cc(C)cc(CN(CCCCN(C)CC[N+](C)(C)C)S(=O)(=O)c2ccc3ccccc3c2)c1.[Br-]. The summed E-state index contributed by atoms with van der Waals surface area (Å²) in [5.41, 5.74) is 3.34. The molecule has 0 unspecified atom stereocenters. The monoisotopic (exact) mass is 575 g/mol. The Hall–Kier alpha value is -1.77. The van der Waals surface area contributed by atoms with Crippen LogP contribution in [0.15, 0.2) is 65.6 Å². The molecule has 198 valence electrons. The molecule has 0 amide bonds. The molecule has 0 saturated carbocycles. The Morgan fingerprint density at radius 1 is 0.778 bits per heavy atom. The summed E-state index contributed by atoms with van der Waals surface area (Å²) in [6.07, 6.45) is 1.79. The van der Waals surface area contributed by atoms with Gasteiger partial charge >= 0.3 is 0 Å². The molecule has 0 bridgehead atoms. The molecule has 0 heterocycles. The molecule has 0 N–H and O–H groups in total. The van der Waals surface area contributed by atoms with Crippen molar-refractivity contribution in [1.29, 1.82) is 0 Å². The molecule has 0 aliphatic rings. The maximum atomic E-state index is 13.8. The Morgan fingerprint density at radius 2 is 1.39 bits per heavy atom. The maximum Gasteiger partial charge on any atom is 0.243 e. The summed E-state index contributed by atoms with van der Waals surface area (Å²) in [4.78, 5) is 2.70. The highest BCUT2D eigenvalue weighted by Crippen LogP contribution is 2.24. The summed E-state index contributed by atoms with van der Waals surface area (Å²) in [5.74, 6) is 0. The number of likely N-dealkylation sites (N-methyl/N-ethyl adjacent to an activating group) is 2. The van der Waals surface area contributed by atoms with Gasteiger partial charge in [-0.25, -0.2) is 8.42 Å². The lowest BCUT2D eigenvalue weighted by atomic mass is 10.1. The predicted molar refractivity (Wildman–Crippen MR) is 147 cm³/mol. The van der Waals surface area contributed by atoms with Crippen LogP contribution in [0.1, 0.15) is 29.5 Å². The van der Waals surface area contributed by atoms with E-state index in [1.165, 1.54) is 0 Å². The van der Waals surface area contributed by atoms with Gasteiger partial charge < -0.3 is 26.4 Å². The Morgan fingerprint density at radius 3 is 2.03 bits per heavy atom. The van der Waals surface area contributed by atoms with Crippen molar-refractivity contribution in [2.75, 3.05) is 54.4 Å². The number of unbranched alkanes of at least 4 members (excludes halogenated alkanes) is 1. The van der Waals surface area contributed by atoms with Crippen LogP contribution in [-0.2, 0) is 16.6 Å². The van der Waals surface area contributed by atoms with Gasteiger partial charge in [0.1, 0.15) is 0 Å². The molecule has 0 spiro atoms. The summed E-state index contributed by atoms with van der Waals surface area (Å²) in [7, 11) is 5.13. The summed E-state index contributed by atoms with van der Waals surface area (Å²) >= 11 is 0. The van der Waals surface area contributed by atoms with Crippen molar-refractivity contribution < 1.29 is 29.9 Å². The third kappa shape index (κ3) is 8.96. The second kappa shape index (κ2) is 13.2. The van der Waals surface area contributed by atoms with Crippen LogP contribution in [0.25, 0.3) is 10.8 Å². The largest absolute Gasteiger partial charge is 1.00 e. The lowest BCUT2D eigenvalue weighted by Gasteiger charge is -2.27. The highest BCUT2D eigenvalue weighted by atomic mass is 79.9. The fourth-order valence-electron chi connectivity index (χ4n) is 4.38. The van der Waals surface area contributed by atoms with Crippen LogP contribution in [0.3, 0.4) is 0 Å². The molecule has 0 atom stereocenters. The zero-order chi connectivity index (χ0) is 25.6. The number of quaternary nitrogens is 1. The third-order valence-corrected chi connectivity index (χ3v) is 8.19. The lowest BCUT2D eigenvalue weighted by molar-refractivity contribution is -0.869. The smallest absolute Gasteiger partial charge is 0.243 e. The number of benzene rings is 3. The molecule has 3 rings (SSSR count). The van der Waals surface area contributed by atoms with Gasteiger partial charge in [-0.05, 0) is 68.8 Å². The number of aryl methyl sites for hydroxylation is 2. The van der Waals surface area contributed by atoms with Gasteiger partial charge in [0.25, 0.3) is 0 Å². The number of nitrogens with zero attached hydrogens (tertiary/aromatic N) is 3. The molecule has 3 aromatic rings. The second-order valence-corrected chi connectivity index (χ2v) is 12.8. The third-order valence-electron chi connectivity index (χ3n) is 6.35. The molecular formula is C29H42BrN3O2S. The Kier molecular flexibility index (Phi) is 11.1. The zero-order valence-electron chi connectivity index (χ0n) is 22.7. The molecule has 0 aromatic heterocycles. The topological polar surface area (TPSA) is 40.6 Å². The summed E-state index contributed by atoms with van der Waals surface area (Å²) in [6, 6.07) is 19.6. The summed E-state index contributed by atoms with van der Waals surface area (Å²) in [6.45, 7) is 8.10. The van der Waals surface area contributed by atoms with Gasteiger partial charge in [-0.15, -0.1) is 0 Å². The predicted octanol–water partition coefficient (Wildman–Crippen LogP) is 2.07. The number of sulfonamides is 1. The van der Waals surface area contributed by atoms with Gasteiger partial charge in [0, 0.05) is 19.6 Å². The minimum Gasteiger partial charge on any atom is -1.00 e. The molecule has 0 saturated heterocycles. The van der Waals surface area contributed by atoms with Crippen LogP contribution >= 0.6 is 0 Å². The van der Waals surface area contributed by atoms with Crippen molar-refractivity contribution in [1.82, 2.24) is 9.21 Å². The Labute approximate surface area is 229 Å². The van der Waals surface area contributed by atoms with Crippen LogP contribution in [0.2, 0.25) is 0 Å². The normalized spacial score (nSPS) is 12.3. The zero-order valence-corrected chi connectivity index (χ0v) is 25.1. The first kappa shape index (κ1) is 30.5. The number of halogens is 1. The van der Waals surface area contributed by atoms with E-state index in [2.05, 4.69) is 65.1 Å². The van der Waals surface area contributed by atoms with Crippen LogP contribution < -0.4 is 17.0 Å². The summed E-state index contributed by atoms with van der Waals surface area (Å²) < 4.78 is 30.2. The van der Waals surface area contributed by atoms with Crippen molar-refractivity contribution in [3.63, 3.8) is 0 Å². The van der Waals surface area contributed by atoms with Crippen LogP contribution in [0.5, 0.6) is 0 Å². The van der Waals surface area contributed by atoms with Crippen molar-refractivity contribution in [3.05, 3.63) is 77.4 Å². The molecule has 3 aromatic carbocycles. The molecule has 0 radical (unpaired) electrons. The van der Waals surface area contributed by atoms with Crippen LogP contribution in [0.4, 0.5) is 0 Å². The van der Waals surface area contributed by atoms with Crippen LogP contribution in [0, 0.1) is 13.8 Å². The molecule has 0 aliphatic carbocycles. The second-order valence-electron chi connectivity index (χ2n) is 10.9. The van der Waals surface area contributed by atoms with E-state index < -0.39 is 10.0 Å². The Balaban J connectivity index is 0.00000456.